The van der Waals surface area contributed by atoms with Crippen LogP contribution in [0.4, 0.5) is 4.39 Å². The maximum absolute atomic E-state index is 13.3. The largest absolute Gasteiger partial charge is 0.459 e. The zero-order valence-corrected chi connectivity index (χ0v) is 12.5. The second kappa shape index (κ2) is 5.51. The van der Waals surface area contributed by atoms with E-state index in [-0.39, 0.29) is 11.9 Å². The van der Waals surface area contributed by atoms with E-state index >= 15 is 0 Å². The van der Waals surface area contributed by atoms with Crippen LogP contribution in [0.25, 0.3) is 11.0 Å². The second-order valence-corrected chi connectivity index (χ2v) is 5.47. The molecule has 0 aliphatic heterocycles. The molecule has 4 heteroatoms. The smallest absolute Gasteiger partial charge is 0.134 e. The van der Waals surface area contributed by atoms with Crippen LogP contribution in [0.5, 0.6) is 0 Å². The van der Waals surface area contributed by atoms with Crippen molar-refractivity contribution >= 4 is 22.6 Å². The topological polar surface area (TPSA) is 25.2 Å². The van der Waals surface area contributed by atoms with Crippen LogP contribution >= 0.6 is 11.6 Å². The lowest BCUT2D eigenvalue weighted by atomic mass is 10.0. The molecule has 21 heavy (non-hydrogen) atoms. The summed E-state index contributed by atoms with van der Waals surface area (Å²) in [6.45, 7) is 1.96. The van der Waals surface area contributed by atoms with Crippen molar-refractivity contribution in [3.8, 4) is 0 Å². The first-order valence-electron chi connectivity index (χ1n) is 6.71. The molecular weight excluding hydrogens is 289 g/mol. The van der Waals surface area contributed by atoms with Crippen molar-refractivity contribution in [2.24, 2.45) is 0 Å². The van der Waals surface area contributed by atoms with E-state index in [1.54, 1.807) is 6.07 Å². The normalized spacial score (nSPS) is 12.8. The maximum atomic E-state index is 13.3. The summed E-state index contributed by atoms with van der Waals surface area (Å²) in [5.74, 6) is 0.465. The zero-order chi connectivity index (χ0) is 15.0. The summed E-state index contributed by atoms with van der Waals surface area (Å²) in [7, 11) is 1.85. The highest BCUT2D eigenvalue weighted by molar-refractivity contribution is 6.31. The Morgan fingerprint density at radius 3 is 2.67 bits per heavy atom. The number of halogens is 2. The molecule has 1 N–H and O–H groups in total. The first kappa shape index (κ1) is 14.1. The third kappa shape index (κ3) is 2.67. The Morgan fingerprint density at radius 2 is 1.95 bits per heavy atom. The lowest BCUT2D eigenvalue weighted by Gasteiger charge is -2.15. The maximum Gasteiger partial charge on any atom is 0.134 e. The Hall–Kier alpha value is -1.84. The average molecular weight is 304 g/mol. The SMILES string of the molecule is CNC(c1ccc(C)c(Cl)c1)c1cc2cc(F)ccc2o1. The molecule has 2 nitrogen and oxygen atoms in total. The van der Waals surface area contributed by atoms with Gasteiger partial charge in [0, 0.05) is 10.4 Å². The van der Waals surface area contributed by atoms with E-state index in [9.17, 15) is 4.39 Å². The van der Waals surface area contributed by atoms with Crippen molar-refractivity contribution < 1.29 is 8.81 Å². The molecule has 108 valence electrons. The second-order valence-electron chi connectivity index (χ2n) is 5.06. The number of hydrogen-bond donors (Lipinski definition) is 1. The van der Waals surface area contributed by atoms with Crippen LogP contribution in [0.2, 0.25) is 5.02 Å². The van der Waals surface area contributed by atoms with Crippen molar-refractivity contribution in [3.63, 3.8) is 0 Å². The monoisotopic (exact) mass is 303 g/mol. The molecular formula is C17H15ClFNO. The standard InChI is InChI=1S/C17H15ClFNO/c1-10-3-4-11(8-14(10)18)17(20-2)16-9-12-7-13(19)5-6-15(12)21-16/h3-9,17,20H,1-2H3. The van der Waals surface area contributed by atoms with Crippen LogP contribution < -0.4 is 5.32 Å². The summed E-state index contributed by atoms with van der Waals surface area (Å²) >= 11 is 6.19. The molecule has 3 aromatic rings. The minimum Gasteiger partial charge on any atom is -0.459 e. The van der Waals surface area contributed by atoms with Gasteiger partial charge in [-0.2, -0.15) is 0 Å². The number of aryl methyl sites for hydroxylation is 1. The Kier molecular flexibility index (Phi) is 3.70. The third-order valence-corrected chi connectivity index (χ3v) is 4.01. The Labute approximate surface area is 127 Å². The van der Waals surface area contributed by atoms with Crippen molar-refractivity contribution in [1.29, 1.82) is 0 Å². The molecule has 0 saturated carbocycles. The third-order valence-electron chi connectivity index (χ3n) is 3.60. The van der Waals surface area contributed by atoms with Gasteiger partial charge in [0.2, 0.25) is 0 Å². The zero-order valence-electron chi connectivity index (χ0n) is 11.8. The number of hydrogen-bond acceptors (Lipinski definition) is 2. The average Bonchev–Trinajstić information content (AvgIpc) is 2.86. The summed E-state index contributed by atoms with van der Waals surface area (Å²) in [4.78, 5) is 0. The molecule has 0 spiro atoms. The summed E-state index contributed by atoms with van der Waals surface area (Å²) in [6.07, 6.45) is 0. The van der Waals surface area contributed by atoms with E-state index in [4.69, 9.17) is 16.0 Å². The van der Waals surface area contributed by atoms with Gasteiger partial charge in [-0.15, -0.1) is 0 Å². The molecule has 2 aromatic carbocycles. The molecule has 0 amide bonds. The fourth-order valence-electron chi connectivity index (χ4n) is 2.44. The predicted octanol–water partition coefficient (Wildman–Crippen LogP) is 4.84. The van der Waals surface area contributed by atoms with E-state index in [1.807, 2.05) is 38.2 Å². The first-order chi connectivity index (χ1) is 10.1. The van der Waals surface area contributed by atoms with Crippen LogP contribution in [-0.4, -0.2) is 7.05 Å². The van der Waals surface area contributed by atoms with Gasteiger partial charge < -0.3 is 9.73 Å². The number of nitrogens with one attached hydrogen (secondary N) is 1. The molecule has 0 aliphatic rings. The number of rotatable bonds is 3. The molecule has 1 atom stereocenters. The number of benzene rings is 2. The summed E-state index contributed by atoms with van der Waals surface area (Å²) in [5.41, 5.74) is 2.71. The first-order valence-corrected chi connectivity index (χ1v) is 7.08. The van der Waals surface area contributed by atoms with Crippen LogP contribution in [0.15, 0.2) is 46.9 Å². The van der Waals surface area contributed by atoms with Gasteiger partial charge >= 0.3 is 0 Å². The molecule has 0 radical (unpaired) electrons. The van der Waals surface area contributed by atoms with E-state index in [0.717, 1.165) is 27.3 Å². The van der Waals surface area contributed by atoms with Gasteiger partial charge in [-0.05, 0) is 55.4 Å². The van der Waals surface area contributed by atoms with Gasteiger partial charge in [-0.1, -0.05) is 23.7 Å². The van der Waals surface area contributed by atoms with Crippen LogP contribution in [0.1, 0.15) is 22.9 Å². The van der Waals surface area contributed by atoms with Crippen molar-refractivity contribution in [1.82, 2.24) is 5.32 Å². The Morgan fingerprint density at radius 1 is 1.14 bits per heavy atom. The van der Waals surface area contributed by atoms with Crippen molar-refractivity contribution in [3.05, 3.63) is 70.2 Å². The van der Waals surface area contributed by atoms with Gasteiger partial charge in [0.25, 0.3) is 0 Å². The molecule has 1 aromatic heterocycles. The summed E-state index contributed by atoms with van der Waals surface area (Å²) in [6, 6.07) is 12.1. The molecule has 3 rings (SSSR count). The van der Waals surface area contributed by atoms with Crippen LogP contribution in [-0.2, 0) is 0 Å². The minimum atomic E-state index is -0.269. The lowest BCUT2D eigenvalue weighted by Crippen LogP contribution is -2.17. The lowest BCUT2D eigenvalue weighted by molar-refractivity contribution is 0.491. The van der Waals surface area contributed by atoms with E-state index in [1.165, 1.54) is 12.1 Å². The molecule has 0 aliphatic carbocycles. The number of furan rings is 1. The molecule has 0 fully saturated rings. The van der Waals surface area contributed by atoms with Gasteiger partial charge in [-0.3, -0.25) is 0 Å². The Balaban J connectivity index is 2.06. The van der Waals surface area contributed by atoms with E-state index in [2.05, 4.69) is 5.32 Å². The highest BCUT2D eigenvalue weighted by Crippen LogP contribution is 2.30. The van der Waals surface area contributed by atoms with E-state index in [0.29, 0.717) is 5.58 Å². The fraction of sp³-hybridized carbons (Fsp3) is 0.176. The summed E-state index contributed by atoms with van der Waals surface area (Å²) in [5, 5.41) is 4.68. The van der Waals surface area contributed by atoms with Crippen LogP contribution in [0, 0.1) is 12.7 Å². The minimum absolute atomic E-state index is 0.126. The Bertz CT molecular complexity index is 797. The van der Waals surface area contributed by atoms with Crippen LogP contribution in [0.3, 0.4) is 0 Å². The molecule has 0 bridgehead atoms. The number of fused-ring (bicyclic) bond motifs is 1. The molecule has 1 heterocycles. The predicted molar refractivity (Wildman–Crippen MR) is 83.3 cm³/mol. The van der Waals surface area contributed by atoms with Crippen molar-refractivity contribution in [2.75, 3.05) is 7.05 Å². The van der Waals surface area contributed by atoms with Crippen molar-refractivity contribution in [2.45, 2.75) is 13.0 Å². The van der Waals surface area contributed by atoms with Gasteiger partial charge in [0.05, 0.1) is 6.04 Å². The van der Waals surface area contributed by atoms with E-state index < -0.39 is 0 Å². The van der Waals surface area contributed by atoms with Gasteiger partial charge in [-0.25, -0.2) is 4.39 Å². The fourth-order valence-corrected chi connectivity index (χ4v) is 2.63. The highest BCUT2D eigenvalue weighted by atomic mass is 35.5. The molecule has 0 saturated heterocycles. The molecule has 1 unspecified atom stereocenters. The van der Waals surface area contributed by atoms with Gasteiger partial charge in [0.1, 0.15) is 17.2 Å². The quantitative estimate of drug-likeness (QED) is 0.749. The highest BCUT2D eigenvalue weighted by Gasteiger charge is 2.17. The van der Waals surface area contributed by atoms with Gasteiger partial charge in [0.15, 0.2) is 0 Å². The summed E-state index contributed by atoms with van der Waals surface area (Å²) < 4.78 is 19.1.